The highest BCUT2D eigenvalue weighted by Crippen LogP contribution is 2.41. The Morgan fingerprint density at radius 1 is 1.04 bits per heavy atom. The quantitative estimate of drug-likeness (QED) is 0.712. The summed E-state index contributed by atoms with van der Waals surface area (Å²) in [5.74, 6) is -1.36. The summed E-state index contributed by atoms with van der Waals surface area (Å²) in [6.07, 6.45) is 0.610. The number of aliphatic carboxylic acids is 1. The van der Waals surface area contributed by atoms with Gasteiger partial charge < -0.3 is 10.4 Å². The largest absolute Gasteiger partial charge is 0.478 e. The lowest BCUT2D eigenvalue weighted by atomic mass is 9.71. The van der Waals surface area contributed by atoms with Gasteiger partial charge in [0.2, 0.25) is 0 Å². The van der Waals surface area contributed by atoms with Crippen molar-refractivity contribution in [1.29, 1.82) is 0 Å². The van der Waals surface area contributed by atoms with Crippen LogP contribution in [0, 0.1) is 5.41 Å². The lowest BCUT2D eigenvalue weighted by Crippen LogP contribution is -2.41. The van der Waals surface area contributed by atoms with E-state index in [2.05, 4.69) is 10.6 Å². The number of hydrogen-bond donors (Lipinski definition) is 3. The number of benzene rings is 2. The predicted molar refractivity (Wildman–Crippen MR) is 108 cm³/mol. The van der Waals surface area contributed by atoms with Crippen LogP contribution in [0.4, 0.5) is 0 Å². The third-order valence-corrected chi connectivity index (χ3v) is 4.77. The molecule has 0 radical (unpaired) electrons. The summed E-state index contributed by atoms with van der Waals surface area (Å²) in [6, 6.07) is 16.3. The molecule has 0 atom stereocenters. The van der Waals surface area contributed by atoms with E-state index in [4.69, 9.17) is 12.2 Å². The highest BCUT2D eigenvalue weighted by Gasteiger charge is 2.37. The summed E-state index contributed by atoms with van der Waals surface area (Å²) >= 11 is 5.28. The number of rotatable bonds is 3. The van der Waals surface area contributed by atoms with Gasteiger partial charge in [-0.3, -0.25) is 10.1 Å². The number of nitrogens with one attached hydrogen (secondary N) is 2. The number of carbonyl (C=O) groups is 2. The Balaban J connectivity index is 1.93. The number of thiocarbonyl (C=S) groups is 1. The van der Waals surface area contributed by atoms with Gasteiger partial charge in [-0.2, -0.15) is 0 Å². The van der Waals surface area contributed by atoms with E-state index in [1.165, 1.54) is 0 Å². The van der Waals surface area contributed by atoms with Gasteiger partial charge in [0, 0.05) is 16.5 Å². The Morgan fingerprint density at radius 3 is 2.33 bits per heavy atom. The van der Waals surface area contributed by atoms with Gasteiger partial charge >= 0.3 is 5.97 Å². The Hall–Kier alpha value is -2.99. The van der Waals surface area contributed by atoms with E-state index in [1.807, 2.05) is 44.2 Å². The van der Waals surface area contributed by atoms with Crippen molar-refractivity contribution < 1.29 is 14.7 Å². The predicted octanol–water partition coefficient (Wildman–Crippen LogP) is 3.37. The maximum atomic E-state index is 12.3. The molecule has 1 amide bonds. The van der Waals surface area contributed by atoms with Gasteiger partial charge in [-0.05, 0) is 36.3 Å². The molecule has 0 bridgehead atoms. The van der Waals surface area contributed by atoms with Crippen molar-refractivity contribution >= 4 is 34.9 Å². The van der Waals surface area contributed by atoms with Crippen LogP contribution in [0.25, 0.3) is 5.70 Å². The summed E-state index contributed by atoms with van der Waals surface area (Å²) in [5, 5.41) is 15.5. The molecule has 0 heterocycles. The van der Waals surface area contributed by atoms with E-state index >= 15 is 0 Å². The molecule has 0 aliphatic heterocycles. The molecule has 0 fully saturated rings. The van der Waals surface area contributed by atoms with E-state index in [-0.39, 0.29) is 16.6 Å². The summed E-state index contributed by atoms with van der Waals surface area (Å²) in [4.78, 5) is 24.3. The van der Waals surface area contributed by atoms with E-state index in [1.54, 1.807) is 24.3 Å². The summed E-state index contributed by atoms with van der Waals surface area (Å²) in [5.41, 5.74) is 2.38. The first kappa shape index (κ1) is 18.8. The van der Waals surface area contributed by atoms with Crippen molar-refractivity contribution in [2.75, 3.05) is 0 Å². The molecule has 1 aliphatic rings. The highest BCUT2D eigenvalue weighted by atomic mass is 32.1. The van der Waals surface area contributed by atoms with Crippen molar-refractivity contribution in [2.24, 2.45) is 5.41 Å². The second-order valence-corrected chi connectivity index (χ2v) is 7.46. The van der Waals surface area contributed by atoms with Crippen molar-refractivity contribution in [3.8, 4) is 0 Å². The van der Waals surface area contributed by atoms with Crippen molar-refractivity contribution in [3.63, 3.8) is 0 Å². The highest BCUT2D eigenvalue weighted by molar-refractivity contribution is 7.80. The fourth-order valence-corrected chi connectivity index (χ4v) is 3.59. The number of fused-ring (bicyclic) bond motifs is 1. The van der Waals surface area contributed by atoms with Crippen LogP contribution in [-0.4, -0.2) is 22.1 Å². The fraction of sp³-hybridized carbons (Fsp3) is 0.190. The second kappa shape index (κ2) is 7.32. The minimum atomic E-state index is -1.01. The molecule has 0 saturated heterocycles. The lowest BCUT2D eigenvalue weighted by Gasteiger charge is -2.34. The molecular weight excluding hydrogens is 360 g/mol. The van der Waals surface area contributed by atoms with Crippen LogP contribution in [0.15, 0.2) is 60.2 Å². The Labute approximate surface area is 163 Å². The van der Waals surface area contributed by atoms with Crippen LogP contribution in [0.2, 0.25) is 0 Å². The number of carbonyl (C=O) groups excluding carboxylic acids is 1. The summed E-state index contributed by atoms with van der Waals surface area (Å²) in [6.45, 7) is 3.78. The fourth-order valence-electron chi connectivity index (χ4n) is 3.39. The van der Waals surface area contributed by atoms with E-state index < -0.39 is 11.4 Å². The molecule has 3 rings (SSSR count). The smallest absolute Gasteiger partial charge is 0.334 e. The molecular formula is C21H20N2O3S. The number of hydrogen-bond acceptors (Lipinski definition) is 3. The number of carboxylic acid groups (broad SMARTS) is 1. The number of carboxylic acids is 1. The molecule has 2 aromatic carbocycles. The molecule has 0 aromatic heterocycles. The zero-order chi connectivity index (χ0) is 19.6. The maximum Gasteiger partial charge on any atom is 0.334 e. The van der Waals surface area contributed by atoms with E-state index in [9.17, 15) is 14.7 Å². The topological polar surface area (TPSA) is 78.4 Å². The normalized spacial score (nSPS) is 14.9. The van der Waals surface area contributed by atoms with Crippen molar-refractivity contribution in [3.05, 3.63) is 76.9 Å². The van der Waals surface area contributed by atoms with Crippen LogP contribution in [0.5, 0.6) is 0 Å². The van der Waals surface area contributed by atoms with Gasteiger partial charge in [0.25, 0.3) is 5.91 Å². The second-order valence-electron chi connectivity index (χ2n) is 7.05. The standard InChI is InChI=1S/C21H20N2O3S/c1-21(2)12-14-10-6-7-11-15(14)17(16(21)19(25)26)22-20(27)23-18(24)13-8-4-3-5-9-13/h3-11H,12H2,1-2H3,(H,25,26)(H2,22,23,24,27). The maximum absolute atomic E-state index is 12.3. The van der Waals surface area contributed by atoms with Crippen LogP contribution >= 0.6 is 12.2 Å². The first-order valence-electron chi connectivity index (χ1n) is 8.53. The van der Waals surface area contributed by atoms with Gasteiger partial charge in [0.15, 0.2) is 5.11 Å². The van der Waals surface area contributed by atoms with Crippen molar-refractivity contribution in [2.45, 2.75) is 20.3 Å². The van der Waals surface area contributed by atoms with Gasteiger partial charge in [0.05, 0.1) is 11.3 Å². The molecule has 2 aromatic rings. The molecule has 0 spiro atoms. The van der Waals surface area contributed by atoms with E-state index in [0.717, 1.165) is 11.1 Å². The van der Waals surface area contributed by atoms with Gasteiger partial charge in [-0.15, -0.1) is 0 Å². The van der Waals surface area contributed by atoms with Crippen LogP contribution in [0.1, 0.15) is 35.3 Å². The zero-order valence-corrected chi connectivity index (χ0v) is 15.9. The summed E-state index contributed by atoms with van der Waals surface area (Å²) in [7, 11) is 0. The monoisotopic (exact) mass is 380 g/mol. The van der Waals surface area contributed by atoms with Crippen LogP contribution in [-0.2, 0) is 11.2 Å². The average molecular weight is 380 g/mol. The average Bonchev–Trinajstić information content (AvgIpc) is 2.61. The van der Waals surface area contributed by atoms with Crippen molar-refractivity contribution in [1.82, 2.24) is 10.6 Å². The SMILES string of the molecule is CC1(C)Cc2ccccc2C(NC(=S)NC(=O)c2ccccc2)=C1C(=O)O. The molecule has 138 valence electrons. The van der Waals surface area contributed by atoms with Crippen LogP contribution in [0.3, 0.4) is 0 Å². The minimum Gasteiger partial charge on any atom is -0.478 e. The Morgan fingerprint density at radius 2 is 1.67 bits per heavy atom. The molecule has 5 nitrogen and oxygen atoms in total. The zero-order valence-electron chi connectivity index (χ0n) is 15.1. The van der Waals surface area contributed by atoms with Gasteiger partial charge in [-0.25, -0.2) is 4.79 Å². The summed E-state index contributed by atoms with van der Waals surface area (Å²) < 4.78 is 0. The molecule has 3 N–H and O–H groups in total. The van der Waals surface area contributed by atoms with Gasteiger partial charge in [-0.1, -0.05) is 56.3 Å². The molecule has 0 saturated carbocycles. The number of amides is 1. The minimum absolute atomic E-state index is 0.0603. The third-order valence-electron chi connectivity index (χ3n) is 4.56. The molecule has 0 unspecified atom stereocenters. The Kier molecular flexibility index (Phi) is 5.10. The molecule has 1 aliphatic carbocycles. The first-order chi connectivity index (χ1) is 12.8. The molecule has 27 heavy (non-hydrogen) atoms. The van der Waals surface area contributed by atoms with E-state index in [0.29, 0.717) is 17.7 Å². The third kappa shape index (κ3) is 3.90. The van der Waals surface area contributed by atoms with Gasteiger partial charge in [0.1, 0.15) is 0 Å². The first-order valence-corrected chi connectivity index (χ1v) is 8.94. The molecule has 6 heteroatoms. The van der Waals surface area contributed by atoms with Crippen LogP contribution < -0.4 is 10.6 Å². The Bertz CT molecular complexity index is 949. The lowest BCUT2D eigenvalue weighted by molar-refractivity contribution is -0.133.